The summed E-state index contributed by atoms with van der Waals surface area (Å²) in [6.07, 6.45) is 0.417. The van der Waals surface area contributed by atoms with E-state index in [2.05, 4.69) is 13.2 Å². The van der Waals surface area contributed by atoms with Gasteiger partial charge in [-0.25, -0.2) is 9.59 Å². The summed E-state index contributed by atoms with van der Waals surface area (Å²) >= 11 is 0. The van der Waals surface area contributed by atoms with Crippen molar-refractivity contribution in [2.45, 2.75) is 34.1 Å². The number of carbonyl (C=O) groups is 3. The zero-order valence-corrected chi connectivity index (χ0v) is 15.4. The number of aliphatic hydroxyl groups excluding tert-OH is 1. The molecule has 0 radical (unpaired) electrons. The first-order chi connectivity index (χ1) is 11.6. The molecule has 0 aromatic rings. The maximum Gasteiger partial charge on any atom is 0.333 e. The fourth-order valence-corrected chi connectivity index (χ4v) is 1.56. The molecular weight excluding hydrogens is 328 g/mol. The van der Waals surface area contributed by atoms with Gasteiger partial charge in [0, 0.05) is 11.1 Å². The van der Waals surface area contributed by atoms with E-state index in [1.807, 2.05) is 0 Å². The number of esters is 3. The summed E-state index contributed by atoms with van der Waals surface area (Å²) in [5, 5.41) is 9.01. The fraction of sp³-hybridized carbons (Fsp3) is 0.611. The minimum atomic E-state index is -0.902. The third kappa shape index (κ3) is 7.98. The van der Waals surface area contributed by atoms with E-state index in [9.17, 15) is 14.4 Å². The predicted octanol–water partition coefficient (Wildman–Crippen LogP) is 1.79. The SMILES string of the molecule is C=C(C)C(=O)OCC(CC)(COC(=O)C(=C)C)COC(=O)[C@H](C)CO. The number of carbonyl (C=O) groups excluding carboxylic acids is 3. The van der Waals surface area contributed by atoms with Crippen LogP contribution >= 0.6 is 0 Å². The van der Waals surface area contributed by atoms with Gasteiger partial charge in [0.15, 0.2) is 0 Å². The first-order valence-electron chi connectivity index (χ1n) is 8.01. The second kappa shape index (κ2) is 10.7. The molecular formula is C18H28O7. The minimum Gasteiger partial charge on any atom is -0.465 e. The van der Waals surface area contributed by atoms with E-state index >= 15 is 0 Å². The number of rotatable bonds is 11. The number of aliphatic hydroxyl groups is 1. The first-order valence-corrected chi connectivity index (χ1v) is 8.01. The summed E-state index contributed by atoms with van der Waals surface area (Å²) in [5.41, 5.74) is -0.439. The van der Waals surface area contributed by atoms with Gasteiger partial charge in [-0.1, -0.05) is 20.1 Å². The smallest absolute Gasteiger partial charge is 0.333 e. The van der Waals surface area contributed by atoms with Crippen LogP contribution in [-0.4, -0.2) is 49.4 Å². The summed E-state index contributed by atoms with van der Waals surface area (Å²) in [6, 6.07) is 0. The van der Waals surface area contributed by atoms with Crippen LogP contribution in [0.4, 0.5) is 0 Å². The topological polar surface area (TPSA) is 99.1 Å². The summed E-state index contributed by atoms with van der Waals surface area (Å²) in [4.78, 5) is 35.1. The molecule has 0 aliphatic carbocycles. The highest BCUT2D eigenvalue weighted by molar-refractivity contribution is 5.87. The number of hydrogen-bond acceptors (Lipinski definition) is 7. The van der Waals surface area contributed by atoms with Crippen molar-refractivity contribution < 1.29 is 33.7 Å². The summed E-state index contributed by atoms with van der Waals surface area (Å²) < 4.78 is 15.6. The maximum atomic E-state index is 11.8. The normalized spacial score (nSPS) is 12.0. The molecule has 0 aliphatic rings. The van der Waals surface area contributed by atoms with Crippen molar-refractivity contribution in [1.82, 2.24) is 0 Å². The fourth-order valence-electron chi connectivity index (χ4n) is 1.56. The lowest BCUT2D eigenvalue weighted by molar-refractivity contribution is -0.162. The molecule has 142 valence electrons. The Balaban J connectivity index is 5.11. The second-order valence-electron chi connectivity index (χ2n) is 6.26. The molecule has 7 heteroatoms. The van der Waals surface area contributed by atoms with Gasteiger partial charge in [-0.3, -0.25) is 4.79 Å². The highest BCUT2D eigenvalue weighted by Crippen LogP contribution is 2.25. The van der Waals surface area contributed by atoms with Crippen LogP contribution in [0.3, 0.4) is 0 Å². The molecule has 0 saturated heterocycles. The van der Waals surface area contributed by atoms with Gasteiger partial charge >= 0.3 is 17.9 Å². The zero-order valence-electron chi connectivity index (χ0n) is 15.4. The van der Waals surface area contributed by atoms with Crippen LogP contribution in [-0.2, 0) is 28.6 Å². The maximum absolute atomic E-state index is 11.8. The molecule has 0 bridgehead atoms. The number of hydrogen-bond donors (Lipinski definition) is 1. The average molecular weight is 356 g/mol. The van der Waals surface area contributed by atoms with Gasteiger partial charge in [-0.15, -0.1) is 0 Å². The standard InChI is InChI=1S/C18H28O7/c1-7-18(9-23-15(20)12(2)3,10-24-16(21)13(4)5)11-25-17(22)14(6)8-19/h14,19H,2,4,7-11H2,1,3,5-6H3/t14-/m1/s1. The van der Waals surface area contributed by atoms with E-state index < -0.39 is 29.2 Å². The Kier molecular flexibility index (Phi) is 9.74. The van der Waals surface area contributed by atoms with Gasteiger partial charge in [0.05, 0.1) is 17.9 Å². The van der Waals surface area contributed by atoms with E-state index in [-0.39, 0.29) is 37.6 Å². The largest absolute Gasteiger partial charge is 0.465 e. The third-order valence-corrected chi connectivity index (χ3v) is 3.66. The molecule has 0 amide bonds. The van der Waals surface area contributed by atoms with Crippen molar-refractivity contribution in [3.8, 4) is 0 Å². The van der Waals surface area contributed by atoms with Gasteiger partial charge in [0.2, 0.25) is 0 Å². The molecule has 0 aromatic heterocycles. The monoisotopic (exact) mass is 356 g/mol. The van der Waals surface area contributed by atoms with Crippen LogP contribution in [0.2, 0.25) is 0 Å². The summed E-state index contributed by atoms with van der Waals surface area (Å²) in [7, 11) is 0. The van der Waals surface area contributed by atoms with Crippen LogP contribution in [0.1, 0.15) is 34.1 Å². The Morgan fingerprint density at radius 3 is 1.68 bits per heavy atom. The quantitative estimate of drug-likeness (QED) is 0.342. The molecule has 0 aromatic carbocycles. The van der Waals surface area contributed by atoms with E-state index in [0.717, 1.165) is 0 Å². The lowest BCUT2D eigenvalue weighted by Gasteiger charge is -2.31. The third-order valence-electron chi connectivity index (χ3n) is 3.66. The van der Waals surface area contributed by atoms with Crippen molar-refractivity contribution in [3.63, 3.8) is 0 Å². The van der Waals surface area contributed by atoms with Crippen molar-refractivity contribution >= 4 is 17.9 Å². The summed E-state index contributed by atoms with van der Waals surface area (Å²) in [5.74, 6) is -2.43. The molecule has 0 unspecified atom stereocenters. The Morgan fingerprint density at radius 2 is 1.36 bits per heavy atom. The highest BCUT2D eigenvalue weighted by Gasteiger charge is 2.34. The molecule has 7 nitrogen and oxygen atoms in total. The Hall–Kier alpha value is -2.15. The molecule has 0 aliphatic heterocycles. The van der Waals surface area contributed by atoms with Gasteiger partial charge in [0.1, 0.15) is 19.8 Å². The molecule has 1 atom stereocenters. The average Bonchev–Trinajstić information content (AvgIpc) is 2.59. The highest BCUT2D eigenvalue weighted by atomic mass is 16.6. The molecule has 0 rings (SSSR count). The Labute approximate surface area is 148 Å². The second-order valence-corrected chi connectivity index (χ2v) is 6.26. The van der Waals surface area contributed by atoms with Gasteiger partial charge in [0.25, 0.3) is 0 Å². The molecule has 0 heterocycles. The van der Waals surface area contributed by atoms with Gasteiger partial charge in [-0.05, 0) is 27.2 Å². The van der Waals surface area contributed by atoms with Crippen LogP contribution in [0, 0.1) is 11.3 Å². The van der Waals surface area contributed by atoms with Crippen molar-refractivity contribution in [2.24, 2.45) is 11.3 Å². The first kappa shape index (κ1) is 22.9. The summed E-state index contributed by atoms with van der Waals surface area (Å²) in [6.45, 7) is 12.7. The Morgan fingerprint density at radius 1 is 0.960 bits per heavy atom. The van der Waals surface area contributed by atoms with Crippen LogP contribution < -0.4 is 0 Å². The van der Waals surface area contributed by atoms with E-state index in [4.69, 9.17) is 19.3 Å². The number of ether oxygens (including phenoxy) is 3. The van der Waals surface area contributed by atoms with Gasteiger partial charge < -0.3 is 19.3 Å². The van der Waals surface area contributed by atoms with E-state index in [1.165, 1.54) is 20.8 Å². The lowest BCUT2D eigenvalue weighted by Crippen LogP contribution is -2.40. The molecule has 1 N–H and O–H groups in total. The van der Waals surface area contributed by atoms with Crippen molar-refractivity contribution in [1.29, 1.82) is 0 Å². The lowest BCUT2D eigenvalue weighted by atomic mass is 9.88. The van der Waals surface area contributed by atoms with Crippen molar-refractivity contribution in [3.05, 3.63) is 24.3 Å². The van der Waals surface area contributed by atoms with Gasteiger partial charge in [-0.2, -0.15) is 0 Å². The predicted molar refractivity (Wildman–Crippen MR) is 91.5 cm³/mol. The van der Waals surface area contributed by atoms with Crippen molar-refractivity contribution in [2.75, 3.05) is 26.4 Å². The van der Waals surface area contributed by atoms with E-state index in [1.54, 1.807) is 6.92 Å². The van der Waals surface area contributed by atoms with E-state index in [0.29, 0.717) is 6.42 Å². The molecule has 0 saturated carbocycles. The molecule has 0 spiro atoms. The minimum absolute atomic E-state index is 0.112. The zero-order chi connectivity index (χ0) is 19.6. The Bertz CT molecular complexity index is 492. The van der Waals surface area contributed by atoms with Crippen LogP contribution in [0.5, 0.6) is 0 Å². The molecule has 0 fully saturated rings. The van der Waals surface area contributed by atoms with Crippen LogP contribution in [0.15, 0.2) is 24.3 Å². The van der Waals surface area contributed by atoms with Crippen LogP contribution in [0.25, 0.3) is 0 Å². The molecule has 25 heavy (non-hydrogen) atoms.